The Labute approximate surface area is 210 Å². The molecular formula is C29H29N5O2. The number of amides is 1. The van der Waals surface area contributed by atoms with E-state index in [1.165, 1.54) is 6.42 Å². The van der Waals surface area contributed by atoms with Gasteiger partial charge in [-0.15, -0.1) is 0 Å². The summed E-state index contributed by atoms with van der Waals surface area (Å²) in [5, 5.41) is 14.0. The number of anilines is 1. The average molecular weight is 480 g/mol. The summed E-state index contributed by atoms with van der Waals surface area (Å²) in [7, 11) is 1.96. The lowest BCUT2D eigenvalue weighted by atomic mass is 9.92. The normalized spacial score (nSPS) is 16.4. The second-order valence-corrected chi connectivity index (χ2v) is 10.1. The maximum atomic E-state index is 12.3. The molecule has 36 heavy (non-hydrogen) atoms. The van der Waals surface area contributed by atoms with Gasteiger partial charge in [0.05, 0.1) is 28.8 Å². The highest BCUT2D eigenvalue weighted by molar-refractivity contribution is 5.97. The molecule has 1 N–H and O–H groups in total. The van der Waals surface area contributed by atoms with Crippen LogP contribution in [-0.4, -0.2) is 26.3 Å². The minimum atomic E-state index is -0.425. The minimum Gasteiger partial charge on any atom is -0.446 e. The lowest BCUT2D eigenvalue weighted by molar-refractivity contribution is 0.108. The first-order valence-corrected chi connectivity index (χ1v) is 12.7. The molecule has 2 aromatic heterocycles. The second kappa shape index (κ2) is 8.87. The van der Waals surface area contributed by atoms with Gasteiger partial charge in [0.15, 0.2) is 0 Å². The summed E-state index contributed by atoms with van der Waals surface area (Å²) in [6, 6.07) is 16.8. The van der Waals surface area contributed by atoms with Crippen molar-refractivity contribution < 1.29 is 9.53 Å². The first-order valence-electron chi connectivity index (χ1n) is 12.7. The maximum Gasteiger partial charge on any atom is 0.411 e. The van der Waals surface area contributed by atoms with Crippen LogP contribution in [0.5, 0.6) is 0 Å². The SMILES string of the molecule is C[C@@H](OC(=O)Nc1ccc(-c2c(C#N)c3ccc(-c4cn(C)cn4)cc3n2C2CCC2)cc1)C1CC1. The van der Waals surface area contributed by atoms with Crippen molar-refractivity contribution in [2.75, 3.05) is 5.32 Å². The highest BCUT2D eigenvalue weighted by atomic mass is 16.6. The number of nitrogens with one attached hydrogen (secondary N) is 1. The molecule has 1 atom stereocenters. The number of nitriles is 1. The van der Waals surface area contributed by atoms with Gasteiger partial charge < -0.3 is 13.9 Å². The number of fused-ring (bicyclic) bond motifs is 1. The van der Waals surface area contributed by atoms with E-state index in [0.29, 0.717) is 23.2 Å². The molecule has 0 bridgehead atoms. The smallest absolute Gasteiger partial charge is 0.411 e. The molecule has 4 aromatic rings. The maximum absolute atomic E-state index is 12.3. The summed E-state index contributed by atoms with van der Waals surface area (Å²) >= 11 is 0. The Hall–Kier alpha value is -4.05. The fourth-order valence-corrected chi connectivity index (χ4v) is 5.14. The molecule has 0 radical (unpaired) electrons. The number of carbonyl (C=O) groups is 1. The van der Waals surface area contributed by atoms with Crippen molar-refractivity contribution in [2.45, 2.75) is 51.2 Å². The van der Waals surface area contributed by atoms with E-state index in [1.54, 1.807) is 6.33 Å². The molecule has 0 aliphatic heterocycles. The van der Waals surface area contributed by atoms with Crippen molar-refractivity contribution in [3.8, 4) is 28.6 Å². The first-order chi connectivity index (χ1) is 17.5. The Kier molecular flexibility index (Phi) is 5.52. The monoisotopic (exact) mass is 479 g/mol. The number of hydrogen-bond acceptors (Lipinski definition) is 4. The third-order valence-electron chi connectivity index (χ3n) is 7.54. The van der Waals surface area contributed by atoms with Crippen molar-refractivity contribution in [2.24, 2.45) is 13.0 Å². The number of imidazole rings is 1. The quantitative estimate of drug-likeness (QED) is 0.335. The number of aryl methyl sites for hydroxylation is 1. The summed E-state index contributed by atoms with van der Waals surface area (Å²) in [6.07, 6.45) is 8.96. The van der Waals surface area contributed by atoms with Crippen LogP contribution in [0.15, 0.2) is 55.0 Å². The number of rotatable bonds is 6. The largest absolute Gasteiger partial charge is 0.446 e. The van der Waals surface area contributed by atoms with E-state index in [-0.39, 0.29) is 6.10 Å². The summed E-state index contributed by atoms with van der Waals surface area (Å²) < 4.78 is 9.77. The van der Waals surface area contributed by atoms with Crippen LogP contribution in [-0.2, 0) is 11.8 Å². The fourth-order valence-electron chi connectivity index (χ4n) is 5.14. The van der Waals surface area contributed by atoms with Gasteiger partial charge >= 0.3 is 6.09 Å². The molecule has 2 aliphatic rings. The van der Waals surface area contributed by atoms with E-state index < -0.39 is 6.09 Å². The van der Waals surface area contributed by atoms with Gasteiger partial charge in [-0.25, -0.2) is 9.78 Å². The average Bonchev–Trinajstić information content (AvgIpc) is 3.54. The number of benzene rings is 2. The predicted octanol–water partition coefficient (Wildman–Crippen LogP) is 6.65. The number of hydrogen-bond donors (Lipinski definition) is 1. The van der Waals surface area contributed by atoms with Crippen LogP contribution < -0.4 is 5.32 Å². The molecule has 182 valence electrons. The third-order valence-corrected chi connectivity index (χ3v) is 7.54. The van der Waals surface area contributed by atoms with Gasteiger partial charge in [0.2, 0.25) is 0 Å². The minimum absolute atomic E-state index is 0.0587. The number of ether oxygens (including phenoxy) is 1. The summed E-state index contributed by atoms with van der Waals surface area (Å²) in [5.74, 6) is 0.495. The van der Waals surface area contributed by atoms with Crippen molar-refractivity contribution in [1.29, 1.82) is 5.26 Å². The molecule has 2 aliphatic carbocycles. The standard InChI is InChI=1S/C29H29N5O2/c1-18(19-6-7-19)36-29(35)32-22-11-8-20(9-12-22)28-25(15-30)24-13-10-21(26-16-33(2)17-31-26)14-27(24)34(28)23-4-3-5-23/h8-14,16-19,23H,3-7H2,1-2H3,(H,32,35)/t18-/m1/s1. The van der Waals surface area contributed by atoms with E-state index in [0.717, 1.165) is 59.1 Å². The van der Waals surface area contributed by atoms with Crippen LogP contribution in [0.3, 0.4) is 0 Å². The van der Waals surface area contributed by atoms with E-state index in [1.807, 2.05) is 61.1 Å². The van der Waals surface area contributed by atoms with E-state index in [2.05, 4.69) is 27.0 Å². The van der Waals surface area contributed by atoms with Crippen LogP contribution in [0.2, 0.25) is 0 Å². The van der Waals surface area contributed by atoms with E-state index in [9.17, 15) is 10.1 Å². The Morgan fingerprint density at radius 1 is 1.14 bits per heavy atom. The van der Waals surface area contributed by atoms with Gasteiger partial charge in [0.25, 0.3) is 0 Å². The van der Waals surface area contributed by atoms with Crippen LogP contribution in [0, 0.1) is 17.2 Å². The van der Waals surface area contributed by atoms with Gasteiger partial charge in [0, 0.05) is 35.9 Å². The number of nitrogens with zero attached hydrogens (tertiary/aromatic N) is 4. The van der Waals surface area contributed by atoms with Crippen molar-refractivity contribution in [1.82, 2.24) is 14.1 Å². The van der Waals surface area contributed by atoms with Gasteiger partial charge in [-0.3, -0.25) is 5.32 Å². The molecule has 2 saturated carbocycles. The molecule has 0 spiro atoms. The lowest BCUT2D eigenvalue weighted by Gasteiger charge is -2.30. The fraction of sp³-hybridized carbons (Fsp3) is 0.345. The topological polar surface area (TPSA) is 84.9 Å². The van der Waals surface area contributed by atoms with Gasteiger partial charge in [0.1, 0.15) is 12.2 Å². The van der Waals surface area contributed by atoms with E-state index in [4.69, 9.17) is 4.74 Å². The van der Waals surface area contributed by atoms with Gasteiger partial charge in [-0.05, 0) is 68.7 Å². The number of carbonyl (C=O) groups excluding carboxylic acids is 1. The molecule has 7 heteroatoms. The summed E-state index contributed by atoms with van der Waals surface area (Å²) in [6.45, 7) is 1.95. The molecule has 2 fully saturated rings. The van der Waals surface area contributed by atoms with Gasteiger partial charge in [-0.2, -0.15) is 5.26 Å². The van der Waals surface area contributed by atoms with Crippen molar-refractivity contribution in [3.63, 3.8) is 0 Å². The molecule has 0 unspecified atom stereocenters. The number of aromatic nitrogens is 3. The van der Waals surface area contributed by atoms with Crippen LogP contribution in [0.25, 0.3) is 33.4 Å². The van der Waals surface area contributed by atoms with Crippen LogP contribution in [0.1, 0.15) is 50.6 Å². The van der Waals surface area contributed by atoms with Crippen molar-refractivity contribution >= 4 is 22.7 Å². The first kappa shape index (κ1) is 22.4. The lowest BCUT2D eigenvalue weighted by Crippen LogP contribution is -2.21. The Bertz CT molecular complexity index is 1480. The van der Waals surface area contributed by atoms with Crippen LogP contribution >= 0.6 is 0 Å². The Balaban J connectivity index is 1.37. The second-order valence-electron chi connectivity index (χ2n) is 10.1. The zero-order valence-corrected chi connectivity index (χ0v) is 20.6. The zero-order valence-electron chi connectivity index (χ0n) is 20.6. The third kappa shape index (κ3) is 4.03. The molecule has 0 saturated heterocycles. The molecule has 7 nitrogen and oxygen atoms in total. The summed E-state index contributed by atoms with van der Waals surface area (Å²) in [5.41, 5.74) is 6.27. The Morgan fingerprint density at radius 2 is 1.89 bits per heavy atom. The molecule has 1 amide bonds. The molecular weight excluding hydrogens is 450 g/mol. The molecule has 2 aromatic carbocycles. The predicted molar refractivity (Wildman–Crippen MR) is 139 cm³/mol. The van der Waals surface area contributed by atoms with Crippen molar-refractivity contribution in [3.05, 3.63) is 60.6 Å². The highest BCUT2D eigenvalue weighted by Gasteiger charge is 2.31. The summed E-state index contributed by atoms with van der Waals surface area (Å²) in [4.78, 5) is 16.8. The molecule has 2 heterocycles. The zero-order chi connectivity index (χ0) is 24.8. The van der Waals surface area contributed by atoms with Crippen LogP contribution in [0.4, 0.5) is 10.5 Å². The Morgan fingerprint density at radius 3 is 2.50 bits per heavy atom. The molecule has 6 rings (SSSR count). The highest BCUT2D eigenvalue weighted by Crippen LogP contribution is 2.43. The van der Waals surface area contributed by atoms with E-state index >= 15 is 0 Å². The van der Waals surface area contributed by atoms with Gasteiger partial charge in [-0.1, -0.05) is 24.3 Å².